The summed E-state index contributed by atoms with van der Waals surface area (Å²) in [4.78, 5) is 2.66. The zero-order valence-electron chi connectivity index (χ0n) is 12.9. The molecule has 0 spiro atoms. The molecule has 2 fully saturated rings. The third kappa shape index (κ3) is 3.12. The lowest BCUT2D eigenvalue weighted by molar-refractivity contribution is 0.288. The zero-order chi connectivity index (χ0) is 14.8. The van der Waals surface area contributed by atoms with Crippen molar-refractivity contribution in [3.8, 4) is 0 Å². The summed E-state index contributed by atoms with van der Waals surface area (Å²) in [6.07, 6.45) is 2.76. The minimum Gasteiger partial charge on any atom is -0.310 e. The summed E-state index contributed by atoms with van der Waals surface area (Å²) in [7, 11) is 0. The molecule has 2 nitrogen and oxygen atoms in total. The van der Waals surface area contributed by atoms with Gasteiger partial charge in [-0.05, 0) is 52.6 Å². The molecule has 116 valence electrons. The third-order valence-electron chi connectivity index (χ3n) is 5.33. The molecule has 1 saturated carbocycles. The van der Waals surface area contributed by atoms with Crippen molar-refractivity contribution in [2.45, 2.75) is 32.0 Å². The second-order valence-corrected chi connectivity index (χ2v) is 7.58. The van der Waals surface area contributed by atoms with Gasteiger partial charge in [-0.2, -0.15) is 11.3 Å². The van der Waals surface area contributed by atoms with Crippen LogP contribution in [0.5, 0.6) is 0 Å². The molecule has 1 aromatic heterocycles. The van der Waals surface area contributed by atoms with E-state index in [1.807, 2.05) is 0 Å². The number of likely N-dealkylation sites (tertiary alicyclic amines) is 1. The van der Waals surface area contributed by atoms with Gasteiger partial charge in [0.2, 0.25) is 0 Å². The smallest absolute Gasteiger partial charge is 0.0233 e. The van der Waals surface area contributed by atoms with Gasteiger partial charge in [0, 0.05) is 32.2 Å². The van der Waals surface area contributed by atoms with Crippen LogP contribution in [-0.4, -0.2) is 24.0 Å². The first kappa shape index (κ1) is 14.4. The molecular formula is C19H24N2S. The lowest BCUT2D eigenvalue weighted by Gasteiger charge is -2.21. The zero-order valence-corrected chi connectivity index (χ0v) is 13.8. The van der Waals surface area contributed by atoms with Crippen LogP contribution in [0.2, 0.25) is 0 Å². The van der Waals surface area contributed by atoms with Crippen molar-refractivity contribution in [2.24, 2.45) is 11.8 Å². The highest BCUT2D eigenvalue weighted by atomic mass is 32.1. The summed E-state index contributed by atoms with van der Waals surface area (Å²) in [5.74, 6) is 1.76. The maximum absolute atomic E-state index is 3.82. The van der Waals surface area contributed by atoms with Gasteiger partial charge >= 0.3 is 0 Å². The van der Waals surface area contributed by atoms with Crippen LogP contribution in [0.15, 0.2) is 47.2 Å². The summed E-state index contributed by atoms with van der Waals surface area (Å²) in [6.45, 7) is 4.71. The van der Waals surface area contributed by atoms with E-state index in [0.29, 0.717) is 6.04 Å². The fourth-order valence-corrected chi connectivity index (χ4v) is 4.89. The van der Waals surface area contributed by atoms with E-state index in [9.17, 15) is 0 Å². The fourth-order valence-electron chi connectivity index (χ4n) is 4.22. The molecular weight excluding hydrogens is 288 g/mol. The van der Waals surface area contributed by atoms with Crippen LogP contribution in [0.4, 0.5) is 0 Å². The van der Waals surface area contributed by atoms with Crippen LogP contribution >= 0.6 is 11.3 Å². The predicted molar refractivity (Wildman–Crippen MR) is 92.9 cm³/mol. The van der Waals surface area contributed by atoms with Crippen LogP contribution in [0.3, 0.4) is 0 Å². The van der Waals surface area contributed by atoms with Crippen molar-refractivity contribution in [1.29, 1.82) is 0 Å². The number of fused-ring (bicyclic) bond motifs is 1. The van der Waals surface area contributed by atoms with E-state index in [4.69, 9.17) is 0 Å². The van der Waals surface area contributed by atoms with Crippen molar-refractivity contribution in [3.05, 3.63) is 58.3 Å². The molecule has 0 amide bonds. The molecule has 0 unspecified atom stereocenters. The maximum atomic E-state index is 3.82. The average Bonchev–Trinajstić information content (AvgIpc) is 3.24. The summed E-state index contributed by atoms with van der Waals surface area (Å²) >= 11 is 1.79. The van der Waals surface area contributed by atoms with E-state index in [2.05, 4.69) is 57.4 Å². The normalized spacial score (nSPS) is 28.1. The summed E-state index contributed by atoms with van der Waals surface area (Å²) in [5, 5.41) is 8.25. The number of rotatable bonds is 5. The van der Waals surface area contributed by atoms with Crippen molar-refractivity contribution < 1.29 is 0 Å². The molecule has 2 heterocycles. The number of hydrogen-bond acceptors (Lipinski definition) is 3. The molecule has 1 aliphatic heterocycles. The van der Waals surface area contributed by atoms with Gasteiger partial charge in [0.05, 0.1) is 0 Å². The van der Waals surface area contributed by atoms with Crippen LogP contribution in [0.25, 0.3) is 0 Å². The van der Waals surface area contributed by atoms with Crippen molar-refractivity contribution in [3.63, 3.8) is 0 Å². The third-order valence-corrected chi connectivity index (χ3v) is 6.06. The fraction of sp³-hybridized carbons (Fsp3) is 0.474. The Hall–Kier alpha value is -1.16. The monoisotopic (exact) mass is 312 g/mol. The summed E-state index contributed by atoms with van der Waals surface area (Å²) < 4.78 is 0. The first-order valence-electron chi connectivity index (χ1n) is 8.39. The molecule has 4 rings (SSSR count). The van der Waals surface area contributed by atoms with E-state index < -0.39 is 0 Å². The van der Waals surface area contributed by atoms with Gasteiger partial charge in [-0.1, -0.05) is 30.3 Å². The van der Waals surface area contributed by atoms with E-state index in [-0.39, 0.29) is 0 Å². The average molecular weight is 312 g/mol. The Morgan fingerprint density at radius 2 is 1.95 bits per heavy atom. The Labute approximate surface area is 137 Å². The largest absolute Gasteiger partial charge is 0.310 e. The SMILES string of the molecule is c1ccc(CN2C[C@@H]3CC[C@H](NCc4ccsc4)[C@@H]3C2)cc1. The Morgan fingerprint density at radius 1 is 1.05 bits per heavy atom. The van der Waals surface area contributed by atoms with Gasteiger partial charge in [0.1, 0.15) is 0 Å². The molecule has 3 atom stereocenters. The van der Waals surface area contributed by atoms with Crippen LogP contribution in [0, 0.1) is 11.8 Å². The molecule has 0 radical (unpaired) electrons. The van der Waals surface area contributed by atoms with Gasteiger partial charge in [-0.15, -0.1) is 0 Å². The summed E-state index contributed by atoms with van der Waals surface area (Å²) in [5.41, 5.74) is 2.89. The minimum absolute atomic E-state index is 0.714. The highest BCUT2D eigenvalue weighted by Gasteiger charge is 2.42. The quantitative estimate of drug-likeness (QED) is 0.904. The van der Waals surface area contributed by atoms with Crippen LogP contribution in [0.1, 0.15) is 24.0 Å². The first-order chi connectivity index (χ1) is 10.9. The molecule has 1 saturated heterocycles. The number of nitrogens with zero attached hydrogens (tertiary/aromatic N) is 1. The molecule has 2 aliphatic rings. The molecule has 1 N–H and O–H groups in total. The summed E-state index contributed by atoms with van der Waals surface area (Å²) in [6, 6.07) is 13.9. The van der Waals surface area contributed by atoms with E-state index >= 15 is 0 Å². The molecule has 22 heavy (non-hydrogen) atoms. The van der Waals surface area contributed by atoms with Gasteiger partial charge in [-0.3, -0.25) is 4.90 Å². The van der Waals surface area contributed by atoms with E-state index in [0.717, 1.165) is 24.9 Å². The number of hydrogen-bond donors (Lipinski definition) is 1. The van der Waals surface area contributed by atoms with Gasteiger partial charge in [-0.25, -0.2) is 0 Å². The highest BCUT2D eigenvalue weighted by molar-refractivity contribution is 7.07. The predicted octanol–water partition coefficient (Wildman–Crippen LogP) is 3.75. The van der Waals surface area contributed by atoms with Crippen molar-refractivity contribution in [2.75, 3.05) is 13.1 Å². The van der Waals surface area contributed by atoms with E-state index in [1.54, 1.807) is 11.3 Å². The molecule has 0 bridgehead atoms. The Kier molecular flexibility index (Phi) is 4.28. The standard InChI is InChI=1S/C19H24N2S/c1-2-4-15(5-3-1)11-21-12-17-6-7-19(18(17)13-21)20-10-16-8-9-22-14-16/h1-5,8-9,14,17-20H,6-7,10-13H2/t17-,18+,19-/m0/s1. The Balaban J connectivity index is 1.33. The minimum atomic E-state index is 0.714. The van der Waals surface area contributed by atoms with Gasteiger partial charge in [0.15, 0.2) is 0 Å². The van der Waals surface area contributed by atoms with Crippen molar-refractivity contribution in [1.82, 2.24) is 10.2 Å². The Bertz CT molecular complexity index is 581. The number of benzene rings is 1. The van der Waals surface area contributed by atoms with Crippen LogP contribution < -0.4 is 5.32 Å². The lowest BCUT2D eigenvalue weighted by atomic mass is 9.98. The van der Waals surface area contributed by atoms with Gasteiger partial charge < -0.3 is 5.32 Å². The second-order valence-electron chi connectivity index (χ2n) is 6.80. The molecule has 1 aliphatic carbocycles. The molecule has 3 heteroatoms. The lowest BCUT2D eigenvalue weighted by Crippen LogP contribution is -2.35. The van der Waals surface area contributed by atoms with Crippen LogP contribution in [-0.2, 0) is 13.1 Å². The van der Waals surface area contributed by atoms with E-state index in [1.165, 1.54) is 37.1 Å². The van der Waals surface area contributed by atoms with Crippen molar-refractivity contribution >= 4 is 11.3 Å². The number of nitrogens with one attached hydrogen (secondary N) is 1. The molecule has 1 aromatic carbocycles. The molecule has 2 aromatic rings. The topological polar surface area (TPSA) is 15.3 Å². The maximum Gasteiger partial charge on any atom is 0.0233 e. The highest BCUT2D eigenvalue weighted by Crippen LogP contribution is 2.38. The second kappa shape index (κ2) is 6.53. The number of thiophene rings is 1. The Morgan fingerprint density at radius 3 is 2.77 bits per heavy atom. The first-order valence-corrected chi connectivity index (χ1v) is 9.33. The van der Waals surface area contributed by atoms with Gasteiger partial charge in [0.25, 0.3) is 0 Å².